The van der Waals surface area contributed by atoms with E-state index in [1.54, 1.807) is 41.5 Å². The van der Waals surface area contributed by atoms with Gasteiger partial charge in [-0.2, -0.15) is 0 Å². The lowest BCUT2D eigenvalue weighted by atomic mass is 9.75. The van der Waals surface area contributed by atoms with Gasteiger partial charge in [0.2, 0.25) is 12.1 Å². The van der Waals surface area contributed by atoms with E-state index in [-0.39, 0.29) is 72.5 Å². The molecule has 22 nitrogen and oxygen atoms in total. The molecule has 2 heterocycles. The number of hydrogen-bond donors (Lipinski definition) is 8. The Morgan fingerprint density at radius 3 is 2.07 bits per heavy atom. The van der Waals surface area contributed by atoms with Crippen LogP contribution in [0.3, 0.4) is 0 Å². The van der Waals surface area contributed by atoms with Crippen LogP contribution in [0.15, 0.2) is 12.1 Å². The van der Waals surface area contributed by atoms with E-state index in [4.69, 9.17) is 52.1 Å². The highest BCUT2D eigenvalue weighted by Gasteiger charge is 2.47. The minimum Gasteiger partial charge on any atom is -0.507 e. The van der Waals surface area contributed by atoms with Crippen LogP contribution >= 0.6 is 0 Å². The van der Waals surface area contributed by atoms with E-state index in [0.29, 0.717) is 0 Å². The Hall–Kier alpha value is -3.53. The Morgan fingerprint density at radius 1 is 0.814 bits per heavy atom. The molecule has 2 aromatic rings. The summed E-state index contributed by atoms with van der Waals surface area (Å²) in [6.07, 6.45) is -16.7. The number of aliphatic hydroxyl groups is 6. The molecule has 22 heteroatoms. The Balaban J connectivity index is 1.25. The molecular formula is C48H72O22. The molecule has 18 atom stereocenters. The summed E-state index contributed by atoms with van der Waals surface area (Å²) < 4.78 is 63.0. The standard InChI is InChI=1S/C48H72O22/c1-20-35(69-38-15-36(44(57)27(8)68-38)70-37-14-32(51)43(56)26(7)67-37)13-30-11-29-12-31(47(60-10)42(55)22(3)50)48(46(59)40(29)45(58)39(30)41(20)54)65-19-64-24(5)33(52)16-61-18-63-25(6)34(53)17-62-28(9)66-23(4)21(2)49/h11,13,21,23-28,31-34,36-38,43-44,47-49,51-54,56-58H,12,14-19H2,1-10H3/t21-,23?,24?,25?,26?,27?,28?,31-,32?,33-,34+,36?,37-,38-,43+,44+,47-,48-/m0/s1. The van der Waals surface area contributed by atoms with Crippen molar-refractivity contribution in [2.75, 3.05) is 33.9 Å². The summed E-state index contributed by atoms with van der Waals surface area (Å²) in [6, 6.07) is 3.06. The van der Waals surface area contributed by atoms with Crippen molar-refractivity contribution in [2.24, 2.45) is 5.92 Å². The van der Waals surface area contributed by atoms with Crippen LogP contribution < -0.4 is 4.74 Å². The van der Waals surface area contributed by atoms with Crippen LogP contribution in [0, 0.1) is 12.8 Å². The predicted molar refractivity (Wildman–Crippen MR) is 243 cm³/mol. The monoisotopic (exact) mass is 1000 g/mol. The third kappa shape index (κ3) is 13.9. The number of fused-ring (bicyclic) bond motifs is 2. The van der Waals surface area contributed by atoms with Gasteiger partial charge in [-0.25, -0.2) is 0 Å². The summed E-state index contributed by atoms with van der Waals surface area (Å²) in [7, 11) is 1.20. The van der Waals surface area contributed by atoms with Gasteiger partial charge in [0, 0.05) is 38.4 Å². The van der Waals surface area contributed by atoms with E-state index in [1.807, 2.05) is 0 Å². The second-order valence-corrected chi connectivity index (χ2v) is 18.4. The van der Waals surface area contributed by atoms with Crippen molar-refractivity contribution in [2.45, 2.75) is 186 Å². The summed E-state index contributed by atoms with van der Waals surface area (Å²) in [5.41, 5.74) is 0.197. The highest BCUT2D eigenvalue weighted by molar-refractivity contribution is 6.38. The molecule has 2 aromatic carbocycles. The van der Waals surface area contributed by atoms with Crippen molar-refractivity contribution in [3.8, 4) is 17.2 Å². The molecule has 2 fully saturated rings. The van der Waals surface area contributed by atoms with Crippen LogP contribution in [-0.4, -0.2) is 196 Å². The van der Waals surface area contributed by atoms with Crippen LogP contribution in [0.25, 0.3) is 10.8 Å². The van der Waals surface area contributed by atoms with Crippen molar-refractivity contribution in [1.29, 1.82) is 0 Å². The van der Waals surface area contributed by atoms with Crippen molar-refractivity contribution in [3.05, 3.63) is 28.8 Å². The van der Waals surface area contributed by atoms with Crippen molar-refractivity contribution < 1.29 is 107 Å². The first-order valence-electron chi connectivity index (χ1n) is 23.5. The first-order chi connectivity index (χ1) is 32.9. The molecule has 8 N–H and O–H groups in total. The fourth-order valence-corrected chi connectivity index (χ4v) is 8.45. The number of phenolic OH excluding ortho intramolecular Hbond substituents is 2. The lowest BCUT2D eigenvalue weighted by Crippen LogP contribution is -2.53. The van der Waals surface area contributed by atoms with E-state index in [1.165, 1.54) is 33.1 Å². The number of phenols is 2. The molecule has 0 saturated carbocycles. The molecular weight excluding hydrogens is 929 g/mol. The zero-order valence-electron chi connectivity index (χ0n) is 41.3. The highest BCUT2D eigenvalue weighted by atomic mass is 16.7. The zero-order valence-corrected chi connectivity index (χ0v) is 41.3. The topological polar surface area (TPSA) is 315 Å². The minimum atomic E-state index is -1.52. The van der Waals surface area contributed by atoms with Gasteiger partial charge in [0.05, 0.1) is 73.0 Å². The van der Waals surface area contributed by atoms with E-state index in [0.717, 1.165) is 6.92 Å². The van der Waals surface area contributed by atoms with E-state index in [9.17, 15) is 55.2 Å². The van der Waals surface area contributed by atoms with Gasteiger partial charge in [0.15, 0.2) is 24.1 Å². The molecule has 0 spiro atoms. The van der Waals surface area contributed by atoms with Gasteiger partial charge in [-0.15, -0.1) is 0 Å². The van der Waals surface area contributed by atoms with Gasteiger partial charge in [0.25, 0.3) is 0 Å². The number of benzene rings is 2. The molecule has 0 amide bonds. The van der Waals surface area contributed by atoms with Crippen molar-refractivity contribution in [3.63, 3.8) is 0 Å². The number of methoxy groups -OCH3 is 1. The third-order valence-electron chi connectivity index (χ3n) is 13.1. The average molecular weight is 1000 g/mol. The number of Topliss-reactive ketones (excluding diaryl/α,β-unsaturated/α-hetero) is 3. The first kappa shape index (κ1) is 57.4. The molecule has 0 radical (unpaired) electrons. The summed E-state index contributed by atoms with van der Waals surface area (Å²) in [5, 5.41) is 85.6. The Bertz CT molecular complexity index is 2050. The predicted octanol–water partition coefficient (Wildman–Crippen LogP) is 1.20. The fourth-order valence-electron chi connectivity index (χ4n) is 8.45. The minimum absolute atomic E-state index is 0.0115. The summed E-state index contributed by atoms with van der Waals surface area (Å²) in [6.45, 7) is 12.5. The van der Waals surface area contributed by atoms with Gasteiger partial charge >= 0.3 is 0 Å². The molecule has 0 bridgehead atoms. The quantitative estimate of drug-likeness (QED) is 0.0394. The average Bonchev–Trinajstić information content (AvgIpc) is 3.29. The second-order valence-electron chi connectivity index (χ2n) is 18.4. The Kier molecular flexibility index (Phi) is 20.8. The largest absolute Gasteiger partial charge is 0.507 e. The van der Waals surface area contributed by atoms with E-state index in [2.05, 4.69) is 0 Å². The molecule has 70 heavy (non-hydrogen) atoms. The SMILES string of the molecule is CO[C@H](C(=O)C(C)=O)[C@@H]1Cc2cc3cc(O[C@H]4CC(O[C@H]5CC(O)[C@H](O)C(C)O5)[C@H](O)C(C)O4)c(C)c(O)c3c(O)c2C(=O)[C@H]1OCOC(C)[C@@H](O)COCOC(C)[C@H](O)COC(C)OC(C)[C@H](C)O. The number of ketones is 3. The molecule has 0 aromatic heterocycles. The van der Waals surface area contributed by atoms with E-state index < -0.39 is 146 Å². The van der Waals surface area contributed by atoms with Gasteiger partial charge in [0.1, 0.15) is 67.5 Å². The maximum Gasteiger partial charge on any atom is 0.227 e. The van der Waals surface area contributed by atoms with Gasteiger partial charge < -0.3 is 93.0 Å². The normalized spacial score (nSPS) is 29.6. The Labute approximate surface area is 406 Å². The van der Waals surface area contributed by atoms with Gasteiger partial charge in [-0.1, -0.05) is 0 Å². The maximum absolute atomic E-state index is 14.4. The second kappa shape index (κ2) is 25.4. The highest BCUT2D eigenvalue weighted by Crippen LogP contribution is 2.47. The number of rotatable bonds is 25. The number of ether oxygens (including phenoxy) is 11. The van der Waals surface area contributed by atoms with E-state index >= 15 is 0 Å². The molecule has 396 valence electrons. The smallest absolute Gasteiger partial charge is 0.227 e. The fraction of sp³-hybridized carbons (Fsp3) is 0.729. The van der Waals surface area contributed by atoms with Gasteiger partial charge in [-0.3, -0.25) is 14.4 Å². The van der Waals surface area contributed by atoms with Gasteiger partial charge in [-0.05, 0) is 84.9 Å². The summed E-state index contributed by atoms with van der Waals surface area (Å²) in [4.78, 5) is 40.0. The molecule has 2 saturated heterocycles. The first-order valence-corrected chi connectivity index (χ1v) is 23.5. The van der Waals surface area contributed by atoms with Crippen LogP contribution in [0.5, 0.6) is 17.2 Å². The van der Waals surface area contributed by atoms with Crippen LogP contribution in [-0.2, 0) is 63.4 Å². The summed E-state index contributed by atoms with van der Waals surface area (Å²) >= 11 is 0. The Morgan fingerprint density at radius 2 is 1.44 bits per heavy atom. The number of aliphatic hydroxyl groups excluding tert-OH is 6. The number of hydrogen-bond acceptors (Lipinski definition) is 22. The van der Waals surface area contributed by atoms with Crippen molar-refractivity contribution in [1.82, 2.24) is 0 Å². The third-order valence-corrected chi connectivity index (χ3v) is 13.1. The molecule has 1 aliphatic carbocycles. The molecule has 8 unspecified atom stereocenters. The van der Waals surface area contributed by atoms with Crippen LogP contribution in [0.1, 0.15) is 89.7 Å². The number of carbonyl (C=O) groups excluding carboxylic acids is 3. The molecule has 3 aliphatic rings. The summed E-state index contributed by atoms with van der Waals surface area (Å²) in [5.74, 6) is -4.56. The maximum atomic E-state index is 14.4. The lowest BCUT2D eigenvalue weighted by Gasteiger charge is -2.41. The molecule has 2 aliphatic heterocycles. The zero-order chi connectivity index (χ0) is 51.9. The lowest BCUT2D eigenvalue weighted by molar-refractivity contribution is -0.298. The number of aromatic hydroxyl groups is 2. The number of carbonyl (C=O) groups is 3. The molecule has 5 rings (SSSR count). The van der Waals surface area contributed by atoms with Crippen LogP contribution in [0.2, 0.25) is 0 Å². The van der Waals surface area contributed by atoms with Crippen LogP contribution in [0.4, 0.5) is 0 Å². The van der Waals surface area contributed by atoms with Crippen molar-refractivity contribution >= 4 is 28.1 Å².